The van der Waals surface area contributed by atoms with Crippen molar-refractivity contribution in [2.24, 2.45) is 39.7 Å². The minimum Gasteiger partial charge on any atom is -0.394 e. The maximum absolute atomic E-state index is 13.3. The van der Waals surface area contributed by atoms with Crippen molar-refractivity contribution >= 4 is 17.3 Å². The van der Waals surface area contributed by atoms with Crippen molar-refractivity contribution in [2.45, 2.75) is 84.1 Å². The van der Waals surface area contributed by atoms with Crippen LogP contribution in [0.25, 0.3) is 0 Å². The van der Waals surface area contributed by atoms with Crippen LogP contribution in [-0.2, 0) is 14.4 Å². The smallest absolute Gasteiger partial charge is 0.139 e. The van der Waals surface area contributed by atoms with Gasteiger partial charge >= 0.3 is 0 Å². The number of hydrogen-bond donors (Lipinski definition) is 1. The van der Waals surface area contributed by atoms with Gasteiger partial charge in [0.1, 0.15) is 18.2 Å². The van der Waals surface area contributed by atoms with Crippen LogP contribution in [0.4, 0.5) is 0 Å². The number of oxime groups is 1. The van der Waals surface area contributed by atoms with E-state index in [0.717, 1.165) is 63.6 Å². The van der Waals surface area contributed by atoms with E-state index >= 15 is 0 Å². The first-order valence-corrected chi connectivity index (χ1v) is 11.9. The van der Waals surface area contributed by atoms with Crippen molar-refractivity contribution in [3.05, 3.63) is 0 Å². The number of Topliss-reactive ketones (excluding diaryl/α,β-unsaturated/α-hetero) is 2. The molecule has 1 saturated heterocycles. The number of carbonyl (C=O) groups excluding carboxylic acids is 2. The summed E-state index contributed by atoms with van der Waals surface area (Å²) in [5, 5.41) is 7.90. The average Bonchev–Trinajstić information content (AvgIpc) is 3.31. The molecule has 0 amide bonds. The fourth-order valence-corrected chi connectivity index (χ4v) is 7.82. The van der Waals surface area contributed by atoms with Crippen molar-refractivity contribution in [3.63, 3.8) is 0 Å². The Morgan fingerprint density at radius 3 is 2.72 bits per heavy atom. The average molecular weight is 401 g/mol. The van der Waals surface area contributed by atoms with Crippen molar-refractivity contribution in [2.75, 3.05) is 13.2 Å². The fourth-order valence-electron chi connectivity index (χ4n) is 7.82. The van der Waals surface area contributed by atoms with E-state index in [0.29, 0.717) is 48.4 Å². The van der Waals surface area contributed by atoms with Crippen LogP contribution < -0.4 is 5.32 Å². The predicted molar refractivity (Wildman–Crippen MR) is 112 cm³/mol. The zero-order valence-electron chi connectivity index (χ0n) is 18.0. The number of nitrogens with zero attached hydrogens (tertiary/aromatic N) is 1. The summed E-state index contributed by atoms with van der Waals surface area (Å²) in [7, 11) is 0. The van der Waals surface area contributed by atoms with Crippen LogP contribution in [0, 0.1) is 34.5 Å². The van der Waals surface area contributed by atoms with Crippen LogP contribution in [-0.4, -0.2) is 36.5 Å². The summed E-state index contributed by atoms with van der Waals surface area (Å²) in [6.07, 6.45) is 9.67. The molecular weight excluding hydrogens is 364 g/mol. The minimum atomic E-state index is -0.159. The maximum Gasteiger partial charge on any atom is 0.139 e. The second-order valence-electron chi connectivity index (χ2n) is 11.0. The zero-order valence-corrected chi connectivity index (χ0v) is 18.0. The Balaban J connectivity index is 1.30. The highest BCUT2D eigenvalue weighted by Gasteiger charge is 2.62. The molecule has 4 saturated carbocycles. The molecule has 0 aromatic rings. The van der Waals surface area contributed by atoms with Crippen molar-refractivity contribution in [3.8, 4) is 0 Å². The molecule has 0 radical (unpaired) electrons. The van der Waals surface area contributed by atoms with Gasteiger partial charge in [0.2, 0.25) is 0 Å². The summed E-state index contributed by atoms with van der Waals surface area (Å²) < 4.78 is 0. The molecule has 1 aliphatic heterocycles. The lowest BCUT2D eigenvalue weighted by atomic mass is 9.45. The standard InChI is InChI=1S/C24H36N2O3/c1-23-9-7-15(26-29-14-16-4-3-11-25-16)12-20(23)21(27)13-17-18-5-6-22(28)24(18,2)10-8-19(17)23/h16-20,25H,3-14H2,1-2H3/t16-,17+,18+,19+,20-,23-,24+/m1/s1. The van der Waals surface area contributed by atoms with Gasteiger partial charge in [-0.25, -0.2) is 0 Å². The van der Waals surface area contributed by atoms with Crippen LogP contribution in [0.15, 0.2) is 5.16 Å². The molecule has 160 valence electrons. The molecule has 5 fully saturated rings. The number of hydrogen-bond acceptors (Lipinski definition) is 5. The molecule has 29 heavy (non-hydrogen) atoms. The van der Waals surface area contributed by atoms with Gasteiger partial charge in [0.05, 0.1) is 5.71 Å². The summed E-state index contributed by atoms with van der Waals surface area (Å²) in [5.41, 5.74) is 0.988. The zero-order chi connectivity index (χ0) is 20.2. The van der Waals surface area contributed by atoms with Gasteiger partial charge in [-0.15, -0.1) is 0 Å². The van der Waals surface area contributed by atoms with E-state index in [1.54, 1.807) is 0 Å². The minimum absolute atomic E-state index is 0.0684. The van der Waals surface area contributed by atoms with Crippen molar-refractivity contribution < 1.29 is 14.4 Å². The molecule has 0 bridgehead atoms. The molecule has 7 atom stereocenters. The molecule has 1 heterocycles. The first-order chi connectivity index (χ1) is 13.9. The molecule has 5 nitrogen and oxygen atoms in total. The second kappa shape index (κ2) is 7.18. The van der Waals surface area contributed by atoms with Gasteiger partial charge in [-0.1, -0.05) is 19.0 Å². The van der Waals surface area contributed by atoms with Crippen molar-refractivity contribution in [1.29, 1.82) is 0 Å². The van der Waals surface area contributed by atoms with Crippen LogP contribution >= 0.6 is 0 Å². The van der Waals surface area contributed by atoms with E-state index in [1.807, 2.05) is 0 Å². The van der Waals surface area contributed by atoms with Gasteiger partial charge in [0.25, 0.3) is 0 Å². The fraction of sp³-hybridized carbons (Fsp3) is 0.875. The van der Waals surface area contributed by atoms with Gasteiger partial charge in [0, 0.05) is 30.2 Å². The maximum atomic E-state index is 13.3. The Labute approximate surface area is 174 Å². The molecule has 5 aliphatic rings. The predicted octanol–water partition coefficient (Wildman–Crippen LogP) is 3.90. The number of carbonyl (C=O) groups is 2. The first-order valence-electron chi connectivity index (χ1n) is 11.9. The first kappa shape index (κ1) is 19.7. The quantitative estimate of drug-likeness (QED) is 0.730. The number of fused-ring (bicyclic) bond motifs is 5. The summed E-state index contributed by atoms with van der Waals surface area (Å²) in [6, 6.07) is 0.427. The van der Waals surface area contributed by atoms with Gasteiger partial charge in [-0.05, 0) is 81.1 Å². The number of ketones is 2. The van der Waals surface area contributed by atoms with Crippen LogP contribution in [0.2, 0.25) is 0 Å². The largest absolute Gasteiger partial charge is 0.394 e. The van der Waals surface area contributed by atoms with E-state index in [-0.39, 0.29) is 16.7 Å². The van der Waals surface area contributed by atoms with E-state index < -0.39 is 0 Å². The molecule has 0 unspecified atom stereocenters. The van der Waals surface area contributed by atoms with Crippen molar-refractivity contribution in [1.82, 2.24) is 5.32 Å². The Morgan fingerprint density at radius 2 is 1.93 bits per heavy atom. The summed E-state index contributed by atoms with van der Waals surface area (Å²) in [5.74, 6) is 2.38. The van der Waals surface area contributed by atoms with E-state index in [4.69, 9.17) is 4.84 Å². The molecular formula is C24H36N2O3. The van der Waals surface area contributed by atoms with Gasteiger partial charge in [-0.2, -0.15) is 0 Å². The molecule has 4 aliphatic carbocycles. The lowest BCUT2D eigenvalue weighted by Gasteiger charge is -2.58. The molecule has 0 spiro atoms. The Morgan fingerprint density at radius 1 is 1.07 bits per heavy atom. The van der Waals surface area contributed by atoms with Crippen LogP contribution in [0.5, 0.6) is 0 Å². The van der Waals surface area contributed by atoms with Crippen LogP contribution in [0.3, 0.4) is 0 Å². The Kier molecular flexibility index (Phi) is 4.88. The highest BCUT2D eigenvalue weighted by Crippen LogP contribution is 2.64. The van der Waals surface area contributed by atoms with E-state index in [1.165, 1.54) is 6.42 Å². The second-order valence-corrected chi connectivity index (χ2v) is 11.0. The topological polar surface area (TPSA) is 67.8 Å². The van der Waals surface area contributed by atoms with E-state index in [2.05, 4.69) is 24.3 Å². The van der Waals surface area contributed by atoms with Gasteiger partial charge < -0.3 is 10.2 Å². The summed E-state index contributed by atoms with van der Waals surface area (Å²) in [4.78, 5) is 31.5. The molecule has 5 rings (SSSR count). The number of nitrogens with one attached hydrogen (secondary N) is 1. The molecule has 0 aromatic carbocycles. The third-order valence-electron chi connectivity index (χ3n) is 9.64. The Hall–Kier alpha value is -1.23. The normalized spacial score (nSPS) is 48.3. The van der Waals surface area contributed by atoms with Crippen LogP contribution in [0.1, 0.15) is 78.1 Å². The summed E-state index contributed by atoms with van der Waals surface area (Å²) >= 11 is 0. The highest BCUT2D eigenvalue weighted by atomic mass is 16.6. The van der Waals surface area contributed by atoms with E-state index in [9.17, 15) is 9.59 Å². The summed E-state index contributed by atoms with van der Waals surface area (Å²) in [6.45, 7) is 6.27. The third-order valence-corrected chi connectivity index (χ3v) is 9.64. The SMILES string of the molecule is C[C@]12CCC(=NOC[C@H]3CCCN3)C[C@@H]1C(=O)C[C@@H]1[C@@H]2CC[C@]2(C)C(=O)CC[C@@H]12. The third kappa shape index (κ3) is 3.10. The Bertz CT molecular complexity index is 728. The lowest BCUT2D eigenvalue weighted by Crippen LogP contribution is -2.56. The molecule has 1 N–H and O–H groups in total. The highest BCUT2D eigenvalue weighted by molar-refractivity contribution is 5.93. The monoisotopic (exact) mass is 400 g/mol. The molecule has 0 aromatic heterocycles. The number of rotatable bonds is 3. The van der Waals surface area contributed by atoms with Gasteiger partial charge in [-0.3, -0.25) is 9.59 Å². The lowest BCUT2D eigenvalue weighted by molar-refractivity contribution is -0.152. The van der Waals surface area contributed by atoms with Gasteiger partial charge in [0.15, 0.2) is 0 Å². The molecule has 5 heteroatoms.